The van der Waals surface area contributed by atoms with E-state index in [-0.39, 0.29) is 35.0 Å². The second-order valence-electron chi connectivity index (χ2n) is 6.76. The lowest BCUT2D eigenvalue weighted by Gasteiger charge is -2.13. The maximum Gasteiger partial charge on any atom is 0.339 e. The average Bonchev–Trinajstić information content (AvgIpc) is 3.04. The molecule has 3 rings (SSSR count). The molecule has 1 aliphatic rings. The van der Waals surface area contributed by atoms with Crippen LogP contribution >= 0.6 is 11.8 Å². The minimum absolute atomic E-state index is 0.0470. The Kier molecular flexibility index (Phi) is 7.26. The summed E-state index contributed by atoms with van der Waals surface area (Å²) in [5.41, 5.74) is 0.567. The first-order chi connectivity index (χ1) is 15.3. The smallest absolute Gasteiger partial charge is 0.339 e. The van der Waals surface area contributed by atoms with Gasteiger partial charge in [0.25, 0.3) is 5.91 Å². The molecule has 0 aliphatic carbocycles. The van der Waals surface area contributed by atoms with E-state index in [9.17, 15) is 24.0 Å². The van der Waals surface area contributed by atoms with Gasteiger partial charge in [-0.2, -0.15) is 0 Å². The van der Waals surface area contributed by atoms with Crippen LogP contribution in [0.15, 0.2) is 53.4 Å². The molecule has 0 radical (unpaired) electrons. The van der Waals surface area contributed by atoms with Crippen LogP contribution in [0, 0.1) is 0 Å². The molecular weight excluding hydrogens is 436 g/mol. The number of carbonyl (C=O) groups excluding carboxylic acids is 5. The molecule has 0 spiro atoms. The third kappa shape index (κ3) is 5.14. The van der Waals surface area contributed by atoms with Crippen molar-refractivity contribution in [1.29, 1.82) is 0 Å². The average molecular weight is 456 g/mol. The molecule has 1 N–H and O–H groups in total. The second kappa shape index (κ2) is 10.1. The van der Waals surface area contributed by atoms with Crippen molar-refractivity contribution in [2.75, 3.05) is 26.1 Å². The molecule has 1 fully saturated rings. The zero-order valence-electron chi connectivity index (χ0n) is 17.3. The molecule has 9 nitrogen and oxygen atoms in total. The third-order valence-corrected chi connectivity index (χ3v) is 5.92. The van der Waals surface area contributed by atoms with Gasteiger partial charge in [-0.3, -0.25) is 19.3 Å². The zero-order chi connectivity index (χ0) is 23.3. The first-order valence-electron chi connectivity index (χ1n) is 9.52. The molecule has 2 aromatic rings. The number of amides is 3. The quantitative estimate of drug-likeness (QED) is 0.497. The molecule has 1 heterocycles. The molecule has 0 aromatic heterocycles. The first kappa shape index (κ1) is 23.0. The fourth-order valence-corrected chi connectivity index (χ4v) is 4.21. The number of esters is 2. The summed E-state index contributed by atoms with van der Waals surface area (Å²) in [6.07, 6.45) is 0.0470. The molecule has 3 amide bonds. The fourth-order valence-electron chi connectivity index (χ4n) is 2.98. The van der Waals surface area contributed by atoms with Gasteiger partial charge in [-0.05, 0) is 24.3 Å². The Morgan fingerprint density at radius 2 is 1.69 bits per heavy atom. The van der Waals surface area contributed by atoms with Crippen molar-refractivity contribution in [3.05, 3.63) is 59.7 Å². The normalized spacial score (nSPS) is 15.4. The SMILES string of the molecule is COC(=O)c1ccccc1NC(=O)COC(=O)c1ccccc1SC1CC(=O)N(C)C1=O. The third-order valence-electron chi connectivity index (χ3n) is 4.66. The number of benzene rings is 2. The van der Waals surface area contributed by atoms with Gasteiger partial charge in [0.05, 0.1) is 29.2 Å². The topological polar surface area (TPSA) is 119 Å². The van der Waals surface area contributed by atoms with Crippen LogP contribution in [0.1, 0.15) is 27.1 Å². The van der Waals surface area contributed by atoms with Gasteiger partial charge in [-0.25, -0.2) is 9.59 Å². The summed E-state index contributed by atoms with van der Waals surface area (Å²) < 4.78 is 9.80. The van der Waals surface area contributed by atoms with Crippen LogP contribution in [0.5, 0.6) is 0 Å². The standard InChI is InChI=1S/C22H20N2O7S/c1-24-19(26)11-17(20(24)27)32-16-10-6-4-8-14(16)22(29)31-12-18(25)23-15-9-5-3-7-13(15)21(28)30-2/h3-10,17H,11-12H2,1-2H3,(H,23,25). The number of imide groups is 1. The number of thioether (sulfide) groups is 1. The van der Waals surface area contributed by atoms with Gasteiger partial charge in [-0.15, -0.1) is 11.8 Å². The molecule has 1 aliphatic heterocycles. The van der Waals surface area contributed by atoms with Crippen molar-refractivity contribution in [3.63, 3.8) is 0 Å². The highest BCUT2D eigenvalue weighted by Crippen LogP contribution is 2.33. The van der Waals surface area contributed by atoms with E-state index >= 15 is 0 Å². The number of carbonyl (C=O) groups is 5. The molecule has 32 heavy (non-hydrogen) atoms. The van der Waals surface area contributed by atoms with E-state index in [0.717, 1.165) is 16.7 Å². The highest BCUT2D eigenvalue weighted by atomic mass is 32.2. The Morgan fingerprint density at radius 1 is 1.03 bits per heavy atom. The van der Waals surface area contributed by atoms with Gasteiger partial charge < -0.3 is 14.8 Å². The van der Waals surface area contributed by atoms with Crippen LogP contribution in [0.2, 0.25) is 0 Å². The van der Waals surface area contributed by atoms with E-state index < -0.39 is 29.7 Å². The van der Waals surface area contributed by atoms with E-state index in [4.69, 9.17) is 4.74 Å². The van der Waals surface area contributed by atoms with E-state index in [0.29, 0.717) is 4.90 Å². The Labute approximate surface area is 188 Å². The van der Waals surface area contributed by atoms with Crippen molar-refractivity contribution in [2.24, 2.45) is 0 Å². The number of likely N-dealkylation sites (tertiary alicyclic amines) is 1. The number of hydrogen-bond donors (Lipinski definition) is 1. The Morgan fingerprint density at radius 3 is 2.34 bits per heavy atom. The van der Waals surface area contributed by atoms with Crippen molar-refractivity contribution in [1.82, 2.24) is 4.90 Å². The molecule has 166 valence electrons. The van der Waals surface area contributed by atoms with Crippen LogP contribution in [-0.4, -0.2) is 60.6 Å². The number of para-hydroxylation sites is 1. The zero-order valence-corrected chi connectivity index (χ0v) is 18.1. The predicted octanol–water partition coefficient (Wildman–Crippen LogP) is 2.12. The number of nitrogens with zero attached hydrogens (tertiary/aromatic N) is 1. The lowest BCUT2D eigenvalue weighted by Crippen LogP contribution is -2.26. The second-order valence-corrected chi connectivity index (χ2v) is 8.00. The first-order valence-corrected chi connectivity index (χ1v) is 10.4. The van der Waals surface area contributed by atoms with Crippen molar-refractivity contribution in [3.8, 4) is 0 Å². The van der Waals surface area contributed by atoms with Crippen LogP contribution in [-0.2, 0) is 23.9 Å². The summed E-state index contributed by atoms with van der Waals surface area (Å²) in [5.74, 6) is -2.62. The molecule has 1 unspecified atom stereocenters. The number of nitrogens with one attached hydrogen (secondary N) is 1. The van der Waals surface area contributed by atoms with E-state index in [1.54, 1.807) is 30.3 Å². The Hall–Kier alpha value is -3.66. The molecular formula is C22H20N2O7S. The van der Waals surface area contributed by atoms with Crippen molar-refractivity contribution < 1.29 is 33.4 Å². The molecule has 0 bridgehead atoms. The van der Waals surface area contributed by atoms with Gasteiger partial charge >= 0.3 is 11.9 Å². The maximum absolute atomic E-state index is 12.6. The molecule has 1 saturated heterocycles. The number of ether oxygens (including phenoxy) is 2. The summed E-state index contributed by atoms with van der Waals surface area (Å²) in [5, 5.41) is 1.89. The maximum atomic E-state index is 12.6. The summed E-state index contributed by atoms with van der Waals surface area (Å²) >= 11 is 1.10. The fraction of sp³-hybridized carbons (Fsp3) is 0.227. The largest absolute Gasteiger partial charge is 0.465 e. The Bertz CT molecular complexity index is 1090. The number of methoxy groups -OCH3 is 1. The lowest BCUT2D eigenvalue weighted by atomic mass is 10.2. The molecule has 10 heteroatoms. The Balaban J connectivity index is 1.64. The van der Waals surface area contributed by atoms with E-state index in [1.807, 2.05) is 0 Å². The number of anilines is 1. The van der Waals surface area contributed by atoms with E-state index in [1.165, 1.54) is 32.4 Å². The van der Waals surface area contributed by atoms with Crippen LogP contribution in [0.25, 0.3) is 0 Å². The molecule has 1 atom stereocenters. The summed E-state index contributed by atoms with van der Waals surface area (Å²) in [4.78, 5) is 62.1. The van der Waals surface area contributed by atoms with Gasteiger partial charge in [0.2, 0.25) is 11.8 Å². The van der Waals surface area contributed by atoms with Gasteiger partial charge in [0, 0.05) is 18.4 Å². The van der Waals surface area contributed by atoms with Gasteiger partial charge in [-0.1, -0.05) is 24.3 Å². The van der Waals surface area contributed by atoms with Crippen molar-refractivity contribution >= 4 is 47.1 Å². The highest BCUT2D eigenvalue weighted by Gasteiger charge is 2.37. The minimum atomic E-state index is -0.755. The van der Waals surface area contributed by atoms with Gasteiger partial charge in [0.15, 0.2) is 6.61 Å². The highest BCUT2D eigenvalue weighted by molar-refractivity contribution is 8.00. The lowest BCUT2D eigenvalue weighted by molar-refractivity contribution is -0.136. The summed E-state index contributed by atoms with van der Waals surface area (Å²) in [6, 6.07) is 12.7. The number of rotatable bonds is 7. The molecule has 0 saturated carbocycles. The summed E-state index contributed by atoms with van der Waals surface area (Å²) in [7, 11) is 2.65. The monoisotopic (exact) mass is 456 g/mol. The predicted molar refractivity (Wildman–Crippen MR) is 115 cm³/mol. The minimum Gasteiger partial charge on any atom is -0.465 e. The van der Waals surface area contributed by atoms with Crippen molar-refractivity contribution in [2.45, 2.75) is 16.6 Å². The molecule has 2 aromatic carbocycles. The van der Waals surface area contributed by atoms with Crippen LogP contribution in [0.4, 0.5) is 5.69 Å². The number of hydrogen-bond acceptors (Lipinski definition) is 8. The van der Waals surface area contributed by atoms with Crippen LogP contribution in [0.3, 0.4) is 0 Å². The van der Waals surface area contributed by atoms with Crippen LogP contribution < -0.4 is 5.32 Å². The summed E-state index contributed by atoms with van der Waals surface area (Å²) in [6.45, 7) is -0.586. The van der Waals surface area contributed by atoms with E-state index in [2.05, 4.69) is 10.1 Å². The van der Waals surface area contributed by atoms with Gasteiger partial charge in [0.1, 0.15) is 0 Å².